The van der Waals surface area contributed by atoms with Gasteiger partial charge in [-0.3, -0.25) is 0 Å². The molecule has 2 atom stereocenters. The van der Waals surface area contributed by atoms with Crippen LogP contribution in [-0.2, 0) is 0 Å². The van der Waals surface area contributed by atoms with Crippen molar-refractivity contribution >= 4 is 0 Å². The van der Waals surface area contributed by atoms with Crippen molar-refractivity contribution < 1.29 is 0 Å². The molecule has 160 valence electrons. The first-order valence-electron chi connectivity index (χ1n) is 12.6. The Bertz CT molecular complexity index is 319. The van der Waals surface area contributed by atoms with Gasteiger partial charge < -0.3 is 10.6 Å². The average molecular weight is 379 g/mol. The van der Waals surface area contributed by atoms with Crippen LogP contribution in [0.15, 0.2) is 0 Å². The van der Waals surface area contributed by atoms with Gasteiger partial charge in [0.05, 0.1) is 0 Å². The van der Waals surface area contributed by atoms with E-state index in [2.05, 4.69) is 38.3 Å². The van der Waals surface area contributed by atoms with Crippen molar-refractivity contribution in [2.24, 2.45) is 23.7 Å². The van der Waals surface area contributed by atoms with E-state index in [0.29, 0.717) is 0 Å². The quantitative estimate of drug-likeness (QED) is 0.402. The van der Waals surface area contributed by atoms with Crippen LogP contribution in [0.4, 0.5) is 0 Å². The number of hydrogen-bond acceptors (Lipinski definition) is 2. The molecule has 2 fully saturated rings. The third-order valence-corrected chi connectivity index (χ3v) is 7.89. The van der Waals surface area contributed by atoms with Crippen LogP contribution in [0.5, 0.6) is 0 Å². The Kier molecular flexibility index (Phi) is 11.3. The Morgan fingerprint density at radius 2 is 1.00 bits per heavy atom. The summed E-state index contributed by atoms with van der Waals surface area (Å²) in [6.45, 7) is 11.9. The summed E-state index contributed by atoms with van der Waals surface area (Å²) in [5.41, 5.74) is 0. The maximum absolute atomic E-state index is 3.84. The van der Waals surface area contributed by atoms with Crippen molar-refractivity contribution in [3.63, 3.8) is 0 Å². The molecule has 2 aliphatic carbocycles. The molecule has 0 aromatic carbocycles. The first-order chi connectivity index (χ1) is 13.1. The van der Waals surface area contributed by atoms with E-state index >= 15 is 0 Å². The molecule has 0 bridgehead atoms. The smallest absolute Gasteiger partial charge is 0.00672 e. The summed E-state index contributed by atoms with van der Waals surface area (Å²) >= 11 is 0. The zero-order valence-electron chi connectivity index (χ0n) is 19.1. The van der Waals surface area contributed by atoms with E-state index in [0.717, 1.165) is 35.8 Å². The molecular weight excluding hydrogens is 328 g/mol. The fourth-order valence-electron chi connectivity index (χ4n) is 5.15. The van der Waals surface area contributed by atoms with Crippen molar-refractivity contribution in [2.75, 3.05) is 13.1 Å². The van der Waals surface area contributed by atoms with E-state index in [1.54, 1.807) is 0 Å². The third kappa shape index (κ3) is 9.31. The van der Waals surface area contributed by atoms with Gasteiger partial charge in [0, 0.05) is 12.1 Å². The maximum atomic E-state index is 3.84. The first kappa shape index (κ1) is 23.2. The highest BCUT2D eigenvalue weighted by Crippen LogP contribution is 2.35. The van der Waals surface area contributed by atoms with Crippen molar-refractivity contribution in [1.29, 1.82) is 0 Å². The topological polar surface area (TPSA) is 24.1 Å². The molecule has 2 unspecified atom stereocenters. The molecule has 2 nitrogen and oxygen atoms in total. The third-order valence-electron chi connectivity index (χ3n) is 7.89. The summed E-state index contributed by atoms with van der Waals surface area (Å²) in [5, 5.41) is 7.68. The number of hydrogen-bond donors (Lipinski definition) is 2. The van der Waals surface area contributed by atoms with Crippen molar-refractivity contribution in [3.05, 3.63) is 0 Å². The molecule has 27 heavy (non-hydrogen) atoms. The van der Waals surface area contributed by atoms with Gasteiger partial charge in [-0.2, -0.15) is 0 Å². The summed E-state index contributed by atoms with van der Waals surface area (Å²) < 4.78 is 0. The van der Waals surface area contributed by atoms with Crippen LogP contribution in [0.3, 0.4) is 0 Å². The van der Waals surface area contributed by atoms with Crippen LogP contribution in [0, 0.1) is 23.7 Å². The lowest BCUT2D eigenvalue weighted by Gasteiger charge is -2.35. The van der Waals surface area contributed by atoms with Crippen molar-refractivity contribution in [1.82, 2.24) is 10.6 Å². The van der Waals surface area contributed by atoms with Gasteiger partial charge in [-0.25, -0.2) is 0 Å². The molecule has 0 spiro atoms. The minimum absolute atomic E-state index is 0.816. The molecule has 2 heteroatoms. The molecule has 2 N–H and O–H groups in total. The van der Waals surface area contributed by atoms with Gasteiger partial charge in [0.25, 0.3) is 0 Å². The fraction of sp³-hybridized carbons (Fsp3) is 1.00. The zero-order chi connectivity index (χ0) is 19.5. The Balaban J connectivity index is 1.51. The van der Waals surface area contributed by atoms with Crippen LogP contribution in [0.1, 0.15) is 111 Å². The number of rotatable bonds is 12. The van der Waals surface area contributed by atoms with Gasteiger partial charge in [-0.05, 0) is 107 Å². The van der Waals surface area contributed by atoms with Crippen LogP contribution < -0.4 is 10.6 Å². The molecule has 0 aromatic rings. The van der Waals surface area contributed by atoms with Gasteiger partial charge in [0.2, 0.25) is 0 Å². The largest absolute Gasteiger partial charge is 0.314 e. The normalized spacial score (nSPS) is 31.6. The van der Waals surface area contributed by atoms with Crippen molar-refractivity contribution in [2.45, 2.75) is 123 Å². The molecule has 2 saturated carbocycles. The molecule has 2 rings (SSSR count). The standard InChI is InChI=1S/C25H50N2/c1-5-20(3)15-17-26-24-11-7-22(8-12-24)19-23-9-13-25(14-10-23)27-18-16-21(4)6-2/h20-27H,5-19H2,1-4H3. The molecular formula is C25H50N2. The maximum Gasteiger partial charge on any atom is 0.00672 e. The Hall–Kier alpha value is -0.0800. The highest BCUT2D eigenvalue weighted by atomic mass is 14.9. The zero-order valence-corrected chi connectivity index (χ0v) is 19.1. The van der Waals surface area contributed by atoms with E-state index in [1.165, 1.54) is 96.6 Å². The summed E-state index contributed by atoms with van der Waals surface area (Å²) in [6, 6.07) is 1.63. The van der Waals surface area contributed by atoms with Crippen LogP contribution in [0.2, 0.25) is 0 Å². The Morgan fingerprint density at radius 3 is 1.33 bits per heavy atom. The van der Waals surface area contributed by atoms with E-state index < -0.39 is 0 Å². The highest BCUT2D eigenvalue weighted by molar-refractivity contribution is 4.82. The molecule has 0 aromatic heterocycles. The van der Waals surface area contributed by atoms with Crippen LogP contribution in [-0.4, -0.2) is 25.2 Å². The highest BCUT2D eigenvalue weighted by Gasteiger charge is 2.26. The summed E-state index contributed by atoms with van der Waals surface area (Å²) in [5.74, 6) is 3.82. The lowest BCUT2D eigenvalue weighted by Crippen LogP contribution is -2.36. The second kappa shape index (κ2) is 13.2. The number of nitrogens with one attached hydrogen (secondary N) is 2. The van der Waals surface area contributed by atoms with Gasteiger partial charge in [0.1, 0.15) is 0 Å². The lowest BCUT2D eigenvalue weighted by molar-refractivity contribution is 0.205. The Labute approximate surface area is 171 Å². The second-order valence-electron chi connectivity index (χ2n) is 10.2. The predicted molar refractivity (Wildman–Crippen MR) is 120 cm³/mol. The van der Waals surface area contributed by atoms with Crippen molar-refractivity contribution in [3.8, 4) is 0 Å². The molecule has 0 heterocycles. The second-order valence-corrected chi connectivity index (χ2v) is 10.2. The monoisotopic (exact) mass is 378 g/mol. The molecule has 0 saturated heterocycles. The van der Waals surface area contributed by atoms with E-state index in [4.69, 9.17) is 0 Å². The van der Waals surface area contributed by atoms with Gasteiger partial charge in [0.15, 0.2) is 0 Å². The fourth-order valence-corrected chi connectivity index (χ4v) is 5.15. The summed E-state index contributed by atoms with van der Waals surface area (Å²) in [4.78, 5) is 0. The van der Waals surface area contributed by atoms with Gasteiger partial charge in [-0.1, -0.05) is 40.5 Å². The average Bonchev–Trinajstić information content (AvgIpc) is 2.70. The first-order valence-corrected chi connectivity index (χ1v) is 12.6. The minimum Gasteiger partial charge on any atom is -0.314 e. The summed E-state index contributed by atoms with van der Waals surface area (Å²) in [7, 11) is 0. The summed E-state index contributed by atoms with van der Waals surface area (Å²) in [6.07, 6.45) is 18.5. The Morgan fingerprint density at radius 1 is 0.630 bits per heavy atom. The van der Waals surface area contributed by atoms with E-state index in [1.807, 2.05) is 0 Å². The van der Waals surface area contributed by atoms with Crippen LogP contribution >= 0.6 is 0 Å². The molecule has 0 amide bonds. The predicted octanol–water partition coefficient (Wildman–Crippen LogP) is 6.55. The van der Waals surface area contributed by atoms with Gasteiger partial charge in [-0.15, -0.1) is 0 Å². The molecule has 2 aliphatic rings. The van der Waals surface area contributed by atoms with Crippen LogP contribution in [0.25, 0.3) is 0 Å². The molecule has 0 radical (unpaired) electrons. The van der Waals surface area contributed by atoms with E-state index in [-0.39, 0.29) is 0 Å². The SMILES string of the molecule is CCC(C)CCNC1CCC(CC2CCC(NCCC(C)CC)CC2)CC1. The van der Waals surface area contributed by atoms with Gasteiger partial charge >= 0.3 is 0 Å². The molecule has 0 aliphatic heterocycles. The lowest BCUT2D eigenvalue weighted by atomic mass is 9.75. The van der Waals surface area contributed by atoms with E-state index in [9.17, 15) is 0 Å². The minimum atomic E-state index is 0.816.